The second-order valence-corrected chi connectivity index (χ2v) is 22.6. The molecule has 3 aliphatic rings. The van der Waals surface area contributed by atoms with Crippen LogP contribution in [0.2, 0.25) is 5.02 Å². The van der Waals surface area contributed by atoms with Crippen molar-refractivity contribution in [1.29, 1.82) is 0 Å². The number of aliphatic hydroxyl groups is 1. The number of esters is 1. The summed E-state index contributed by atoms with van der Waals surface area (Å²) < 4.78 is 44.8. The third kappa shape index (κ3) is 17.4. The predicted octanol–water partition coefficient (Wildman–Crippen LogP) is 4.75. The van der Waals surface area contributed by atoms with Crippen molar-refractivity contribution in [3.05, 3.63) is 82.5 Å². The number of epoxide rings is 1. The monoisotopic (exact) mass is 1180 g/mol. The number of allylic oxidation sites excluding steroid dienone is 3. The maximum atomic E-state index is 14.4. The number of ether oxygens (including phenoxy) is 7. The number of para-hydroxylation sites is 1. The number of hydrogen-bond donors (Lipinski definition) is 6. The Balaban J connectivity index is 0.985. The first kappa shape index (κ1) is 65.4. The molecule has 2 saturated heterocycles. The quantitative estimate of drug-likeness (QED) is 0.0208. The van der Waals surface area contributed by atoms with E-state index in [1.165, 1.54) is 31.1 Å². The number of carbonyl (C=O) groups is 6. The number of anilines is 1. The lowest BCUT2D eigenvalue weighted by Gasteiger charge is -2.42. The van der Waals surface area contributed by atoms with Gasteiger partial charge in [0, 0.05) is 76.4 Å². The fourth-order valence-corrected chi connectivity index (χ4v) is 11.1. The van der Waals surface area contributed by atoms with Crippen LogP contribution < -0.4 is 31.0 Å². The highest BCUT2D eigenvalue weighted by Gasteiger charge is 2.64. The lowest BCUT2D eigenvalue weighted by molar-refractivity contribution is -0.157. The van der Waals surface area contributed by atoms with Crippen molar-refractivity contribution in [1.82, 2.24) is 35.3 Å². The smallest absolute Gasteiger partial charge is 0.409 e. The van der Waals surface area contributed by atoms with E-state index in [1.807, 2.05) is 56.4 Å². The minimum atomic E-state index is -1.85. The van der Waals surface area contributed by atoms with E-state index in [0.29, 0.717) is 43.3 Å². The largest absolute Gasteiger partial charge is 0.495 e. The maximum absolute atomic E-state index is 14.4. The molecule has 0 radical (unpaired) electrons. The number of hydrogen-bond acceptors (Lipinski definition) is 18. The Morgan fingerprint density at radius 2 is 1.78 bits per heavy atom. The number of rotatable bonds is 26. The zero-order valence-corrected chi connectivity index (χ0v) is 50.1. The fraction of sp³-hybridized carbons (Fsp3) is 0.579. The number of aliphatic carboxylic acids is 1. The van der Waals surface area contributed by atoms with Gasteiger partial charge in [0.05, 0.1) is 58.3 Å². The first-order valence-corrected chi connectivity index (χ1v) is 28.7. The van der Waals surface area contributed by atoms with E-state index in [2.05, 4.69) is 32.0 Å². The van der Waals surface area contributed by atoms with Gasteiger partial charge in [-0.3, -0.25) is 34.7 Å². The van der Waals surface area contributed by atoms with Crippen LogP contribution in [-0.4, -0.2) is 189 Å². The summed E-state index contributed by atoms with van der Waals surface area (Å²) in [4.78, 5) is 80.7. The number of halogens is 1. The summed E-state index contributed by atoms with van der Waals surface area (Å²) in [6.07, 6.45) is 0.510. The summed E-state index contributed by atoms with van der Waals surface area (Å²) in [7, 11) is 9.97. The number of aryl methyl sites for hydroxylation is 1. The summed E-state index contributed by atoms with van der Waals surface area (Å²) in [5, 5.41) is 32.4. The molecule has 2 fully saturated rings. The summed E-state index contributed by atoms with van der Waals surface area (Å²) in [6, 6.07) is 11.7. The van der Waals surface area contributed by atoms with Gasteiger partial charge in [-0.05, 0) is 82.9 Å². The molecule has 0 saturated carbocycles. The zero-order valence-electron chi connectivity index (χ0n) is 48.5. The molecule has 4 bridgehead atoms. The van der Waals surface area contributed by atoms with Crippen molar-refractivity contribution in [2.75, 3.05) is 86.0 Å². The number of amides is 4. The van der Waals surface area contributed by atoms with Crippen LogP contribution in [-0.2, 0) is 71.9 Å². The second-order valence-electron chi connectivity index (χ2n) is 21.0. The Morgan fingerprint density at radius 1 is 1.05 bits per heavy atom. The fourth-order valence-electron chi connectivity index (χ4n) is 10.0. The van der Waals surface area contributed by atoms with Gasteiger partial charge in [0.2, 0.25) is 17.7 Å². The Bertz CT molecular complexity index is 2780. The second kappa shape index (κ2) is 30.1. The van der Waals surface area contributed by atoms with Gasteiger partial charge in [-0.25, -0.2) is 14.1 Å². The third-order valence-electron chi connectivity index (χ3n) is 15.1. The molecule has 23 nitrogen and oxygen atoms in total. The van der Waals surface area contributed by atoms with Gasteiger partial charge in [0.1, 0.15) is 46.8 Å². The van der Waals surface area contributed by atoms with Crippen LogP contribution in [0.5, 0.6) is 5.75 Å². The van der Waals surface area contributed by atoms with Gasteiger partial charge >= 0.3 is 18.0 Å². The summed E-state index contributed by atoms with van der Waals surface area (Å²) in [5.41, 5.74) is 4.08. The number of benzene rings is 2. The van der Waals surface area contributed by atoms with Crippen LogP contribution in [0.1, 0.15) is 71.1 Å². The van der Waals surface area contributed by atoms with E-state index in [1.54, 1.807) is 63.5 Å². The first-order chi connectivity index (χ1) is 39.0. The Labute approximate surface area is 488 Å². The van der Waals surface area contributed by atoms with E-state index in [0.717, 1.165) is 27.7 Å². The van der Waals surface area contributed by atoms with E-state index in [4.69, 9.17) is 44.8 Å². The van der Waals surface area contributed by atoms with Crippen molar-refractivity contribution in [3.63, 3.8) is 0 Å². The van der Waals surface area contributed by atoms with Gasteiger partial charge in [-0.2, -0.15) is 0 Å². The van der Waals surface area contributed by atoms with Crippen LogP contribution >= 0.6 is 23.5 Å². The minimum Gasteiger partial charge on any atom is -0.495 e. The minimum absolute atomic E-state index is 0.0671. The number of hydrazine groups is 1. The Morgan fingerprint density at radius 3 is 2.49 bits per heavy atom. The van der Waals surface area contributed by atoms with E-state index in [-0.39, 0.29) is 69.4 Å². The number of nitrogens with one attached hydrogen (secondary N) is 4. The highest BCUT2D eigenvalue weighted by molar-refractivity contribution is 7.97. The van der Waals surface area contributed by atoms with Gasteiger partial charge < -0.3 is 63.5 Å². The molecule has 4 heterocycles. The molecule has 0 unspecified atom stereocenters. The molecule has 9 atom stereocenters. The van der Waals surface area contributed by atoms with Crippen molar-refractivity contribution < 1.29 is 72.1 Å². The highest BCUT2D eigenvalue weighted by Crippen LogP contribution is 2.49. The van der Waals surface area contributed by atoms with E-state index in [9.17, 15) is 39.0 Å². The van der Waals surface area contributed by atoms with Crippen LogP contribution in [0, 0.1) is 5.92 Å². The number of aromatic nitrogens is 1. The lowest BCUT2D eigenvalue weighted by atomic mass is 9.83. The molecule has 3 aliphatic heterocycles. The highest BCUT2D eigenvalue weighted by atomic mass is 35.5. The predicted molar refractivity (Wildman–Crippen MR) is 309 cm³/mol. The van der Waals surface area contributed by atoms with Gasteiger partial charge in [0.25, 0.3) is 0 Å². The molecule has 6 N–H and O–H groups in total. The number of likely N-dealkylation sites (N-methyl/N-ethyl adjacent to an activating group) is 1. The number of fused-ring (bicyclic) bond motifs is 6. The summed E-state index contributed by atoms with van der Waals surface area (Å²) >= 11 is 8.17. The average molecular weight is 1190 g/mol. The zero-order chi connectivity index (χ0) is 59.9. The molecule has 6 rings (SSSR count). The number of carbonyl (C=O) groups excluding carboxylic acids is 5. The van der Waals surface area contributed by atoms with Crippen molar-refractivity contribution >= 4 is 75.9 Å². The van der Waals surface area contributed by atoms with Gasteiger partial charge in [-0.1, -0.05) is 72.5 Å². The molecular weight excluding hydrogens is 1100 g/mol. The summed E-state index contributed by atoms with van der Waals surface area (Å²) in [6.45, 7) is 9.08. The van der Waals surface area contributed by atoms with Crippen LogP contribution in [0.15, 0.2) is 66.3 Å². The molecule has 452 valence electrons. The summed E-state index contributed by atoms with van der Waals surface area (Å²) in [5.74, 6) is -2.78. The topological polar surface area (TPSA) is 274 Å². The molecule has 25 heteroatoms. The molecule has 3 aromatic rings. The number of carboxylic acids is 1. The van der Waals surface area contributed by atoms with Crippen molar-refractivity contribution in [2.45, 2.75) is 127 Å². The van der Waals surface area contributed by atoms with Gasteiger partial charge in [-0.15, -0.1) is 0 Å². The van der Waals surface area contributed by atoms with Crippen molar-refractivity contribution in [2.24, 2.45) is 5.92 Å². The molecule has 82 heavy (non-hydrogen) atoms. The maximum Gasteiger partial charge on any atom is 0.409 e. The van der Waals surface area contributed by atoms with Crippen LogP contribution in [0.25, 0.3) is 10.9 Å². The molecule has 2 aromatic carbocycles. The van der Waals surface area contributed by atoms with Crippen molar-refractivity contribution in [3.8, 4) is 5.75 Å². The number of methoxy groups -OCH3 is 2. The first-order valence-electron chi connectivity index (χ1n) is 27.4. The lowest BCUT2D eigenvalue weighted by Crippen LogP contribution is -2.63. The van der Waals surface area contributed by atoms with Crippen LogP contribution in [0.3, 0.4) is 0 Å². The third-order valence-corrected chi connectivity index (χ3v) is 16.5. The van der Waals surface area contributed by atoms with Crippen LogP contribution in [0.4, 0.5) is 10.5 Å². The number of alkyl carbamates (subject to hydrolysis) is 1. The normalized spacial score (nSPS) is 24.8. The molecule has 4 amide bonds. The molecular formula is C57H81ClN8O15S. The number of nitrogens with zero attached hydrogens (tertiary/aromatic N) is 4. The Kier molecular flexibility index (Phi) is 24.0. The molecule has 1 aromatic heterocycles. The average Bonchev–Trinajstić information content (AvgIpc) is 4.16. The van der Waals surface area contributed by atoms with E-state index >= 15 is 0 Å². The number of carboxylic acid groups (broad SMARTS) is 1. The SMILES string of the molecule is CNN(C)Cc1cc2ccccc2n1CCC(=O)N[C@@H](CCC(=O)O)C(=O)NCCOCCOCCSN(C)[C@@H](C)C(=O)O[C@H]1CC(=O)N(C)c2cc(cc(OC)c2Cl)C/C(C)=C/C=C/[C@@H](OC)[C@@]2(O)C[C@H](OC(=O)N2)[C@@H](C)[C@@H]2O[C@]12C. The van der Waals surface area contributed by atoms with E-state index < -0.39 is 83.6 Å². The molecule has 0 spiro atoms. The Hall–Kier alpha value is -5.80. The van der Waals surface area contributed by atoms with Gasteiger partial charge in [0.15, 0.2) is 5.72 Å². The molecule has 0 aliphatic carbocycles. The standard InChI is InChI=1S/C57H81ClN8O15S/c1-35-14-13-17-46(76-10)57(74)33-45(79-55(73)62-57)36(2)52-56(4,81-52)47(32-49(68)64(7)43-29-38(28-35)30-44(75-9)51(43)58)80-54(72)37(3)65(8)82-27-26-78-25-24-77-23-21-60-53(71)41(18-19-50(69)70)61-48(67)20-22-66-40(34-63(6)59-5)31-39-15-11-12-16-42(39)66/h11-17,29-31,36-37,41,45-47,52,59,74H,18-28,32-34H2,1-10H3,(H,60,71)(H,61,67)(H,62,73)(H,69,70)/b17-13+,35-14+/t36-,37+,41+,45+,46-,47+,52+,56-,57+/m1/s1.